The number of amides is 1. The van der Waals surface area contributed by atoms with Gasteiger partial charge in [0.2, 0.25) is 0 Å². The molecule has 3 N–H and O–H groups in total. The topological polar surface area (TPSA) is 65.1 Å². The monoisotopic (exact) mass is 222 g/mol. The van der Waals surface area contributed by atoms with E-state index in [4.69, 9.17) is 5.11 Å². The van der Waals surface area contributed by atoms with Gasteiger partial charge in [0.25, 0.3) is 5.91 Å². The minimum absolute atomic E-state index is 0.0301. The van der Waals surface area contributed by atoms with Gasteiger partial charge >= 0.3 is 0 Å². The van der Waals surface area contributed by atoms with E-state index in [2.05, 4.69) is 10.3 Å². The number of hydrogen-bond acceptors (Lipinski definition) is 2. The van der Waals surface area contributed by atoms with Gasteiger partial charge in [0.05, 0.1) is 0 Å². The van der Waals surface area contributed by atoms with Crippen LogP contribution in [0.5, 0.6) is 0 Å². The number of aromatic nitrogens is 1. The molecule has 88 valence electrons. The summed E-state index contributed by atoms with van der Waals surface area (Å²) in [5.74, 6) is 0.399. The Kier molecular flexibility index (Phi) is 3.62. The molecule has 0 atom stereocenters. The highest BCUT2D eigenvalue weighted by Crippen LogP contribution is 2.23. The van der Waals surface area contributed by atoms with Crippen LogP contribution in [0.4, 0.5) is 0 Å². The van der Waals surface area contributed by atoms with E-state index in [1.54, 1.807) is 12.3 Å². The number of aromatic amines is 1. The number of carbonyl (C=O) groups excluding carboxylic acids is 1. The molecule has 0 radical (unpaired) electrons. The lowest BCUT2D eigenvalue weighted by Crippen LogP contribution is -2.38. The maximum Gasteiger partial charge on any atom is 0.267 e. The molecule has 0 unspecified atom stereocenters. The van der Waals surface area contributed by atoms with Gasteiger partial charge in [-0.1, -0.05) is 0 Å². The fourth-order valence-corrected chi connectivity index (χ4v) is 2.22. The van der Waals surface area contributed by atoms with Gasteiger partial charge in [-0.2, -0.15) is 0 Å². The summed E-state index contributed by atoms with van der Waals surface area (Å²) in [6.45, 7) is 0.275. The molecule has 4 nitrogen and oxygen atoms in total. The van der Waals surface area contributed by atoms with E-state index in [1.165, 1.54) is 0 Å². The van der Waals surface area contributed by atoms with Crippen LogP contribution in [0.2, 0.25) is 0 Å². The number of aliphatic hydroxyl groups excluding tert-OH is 1. The zero-order chi connectivity index (χ0) is 11.4. The maximum absolute atomic E-state index is 11.7. The van der Waals surface area contributed by atoms with Gasteiger partial charge in [0.15, 0.2) is 0 Å². The van der Waals surface area contributed by atoms with Crippen LogP contribution in [0.25, 0.3) is 0 Å². The molecule has 0 bridgehead atoms. The fraction of sp³-hybridized carbons (Fsp3) is 0.583. The number of carbonyl (C=O) groups is 1. The quantitative estimate of drug-likeness (QED) is 0.721. The van der Waals surface area contributed by atoms with E-state index in [1.807, 2.05) is 6.07 Å². The lowest BCUT2D eigenvalue weighted by molar-refractivity contribution is 0.0909. The molecule has 0 aliphatic heterocycles. The number of aliphatic hydroxyl groups is 1. The maximum atomic E-state index is 11.7. The van der Waals surface area contributed by atoms with Crippen LogP contribution in [0.15, 0.2) is 18.3 Å². The van der Waals surface area contributed by atoms with Gasteiger partial charge in [-0.15, -0.1) is 0 Å². The molecular formula is C12H18N2O2. The van der Waals surface area contributed by atoms with E-state index in [0.717, 1.165) is 25.7 Å². The van der Waals surface area contributed by atoms with Gasteiger partial charge in [-0.25, -0.2) is 0 Å². The molecular weight excluding hydrogens is 204 g/mol. The second kappa shape index (κ2) is 5.16. The molecule has 1 aromatic heterocycles. The highest BCUT2D eigenvalue weighted by atomic mass is 16.3. The van der Waals surface area contributed by atoms with E-state index < -0.39 is 0 Å². The molecule has 1 amide bonds. The lowest BCUT2D eigenvalue weighted by atomic mass is 9.86. The molecule has 0 aromatic carbocycles. The normalized spacial score (nSPS) is 25.3. The van der Waals surface area contributed by atoms with Crippen molar-refractivity contribution in [1.29, 1.82) is 0 Å². The van der Waals surface area contributed by atoms with Crippen molar-refractivity contribution in [3.8, 4) is 0 Å². The molecule has 1 saturated carbocycles. The molecule has 1 aromatic rings. The summed E-state index contributed by atoms with van der Waals surface area (Å²) in [6.07, 6.45) is 5.70. The standard InChI is InChI=1S/C12H18N2O2/c15-8-9-3-5-10(6-4-9)14-12(16)11-2-1-7-13-11/h1-2,7,9-10,13,15H,3-6,8H2,(H,14,16). The van der Waals surface area contributed by atoms with Gasteiger partial charge < -0.3 is 15.4 Å². The first kappa shape index (κ1) is 11.2. The Morgan fingerprint density at radius 2 is 2.19 bits per heavy atom. The first-order chi connectivity index (χ1) is 7.79. The predicted octanol–water partition coefficient (Wildman–Crippen LogP) is 1.30. The molecule has 0 saturated heterocycles. The van der Waals surface area contributed by atoms with Crippen LogP contribution in [0.1, 0.15) is 36.2 Å². The van der Waals surface area contributed by atoms with Crippen LogP contribution in [0, 0.1) is 5.92 Å². The number of nitrogens with one attached hydrogen (secondary N) is 2. The zero-order valence-corrected chi connectivity index (χ0v) is 9.28. The third-order valence-corrected chi connectivity index (χ3v) is 3.28. The van der Waals surface area contributed by atoms with Crippen LogP contribution < -0.4 is 5.32 Å². The van der Waals surface area contributed by atoms with Crippen LogP contribution in [-0.2, 0) is 0 Å². The average molecular weight is 222 g/mol. The molecule has 16 heavy (non-hydrogen) atoms. The molecule has 1 fully saturated rings. The highest BCUT2D eigenvalue weighted by molar-refractivity contribution is 5.92. The summed E-state index contributed by atoms with van der Waals surface area (Å²) >= 11 is 0. The molecule has 0 spiro atoms. The third-order valence-electron chi connectivity index (χ3n) is 3.28. The number of H-pyrrole nitrogens is 1. The van der Waals surface area contributed by atoms with E-state index in [9.17, 15) is 4.79 Å². The van der Waals surface area contributed by atoms with E-state index >= 15 is 0 Å². The van der Waals surface area contributed by atoms with Crippen molar-refractivity contribution in [2.24, 2.45) is 5.92 Å². The van der Waals surface area contributed by atoms with Gasteiger partial charge in [0, 0.05) is 18.8 Å². The Labute approximate surface area is 95.1 Å². The van der Waals surface area contributed by atoms with Crippen molar-refractivity contribution in [2.75, 3.05) is 6.61 Å². The minimum atomic E-state index is -0.0301. The van der Waals surface area contributed by atoms with Crippen molar-refractivity contribution >= 4 is 5.91 Å². The highest BCUT2D eigenvalue weighted by Gasteiger charge is 2.22. The first-order valence-electron chi connectivity index (χ1n) is 5.84. The van der Waals surface area contributed by atoms with Crippen molar-refractivity contribution in [3.63, 3.8) is 0 Å². The molecule has 1 aliphatic carbocycles. The second-order valence-corrected chi connectivity index (χ2v) is 4.46. The smallest absolute Gasteiger partial charge is 0.267 e. The van der Waals surface area contributed by atoms with E-state index in [0.29, 0.717) is 11.6 Å². The summed E-state index contributed by atoms with van der Waals surface area (Å²) in [7, 11) is 0. The summed E-state index contributed by atoms with van der Waals surface area (Å²) in [6, 6.07) is 3.85. The summed E-state index contributed by atoms with van der Waals surface area (Å²) in [5.41, 5.74) is 0.615. The van der Waals surface area contributed by atoms with Crippen molar-refractivity contribution in [2.45, 2.75) is 31.7 Å². The molecule has 1 heterocycles. The molecule has 1 aliphatic rings. The van der Waals surface area contributed by atoms with Crippen molar-refractivity contribution in [1.82, 2.24) is 10.3 Å². The average Bonchev–Trinajstić information content (AvgIpc) is 2.83. The molecule has 2 rings (SSSR count). The third kappa shape index (κ3) is 2.64. The van der Waals surface area contributed by atoms with Gasteiger partial charge in [0.1, 0.15) is 5.69 Å². The van der Waals surface area contributed by atoms with Crippen LogP contribution in [0.3, 0.4) is 0 Å². The number of rotatable bonds is 3. The molecule has 4 heteroatoms. The predicted molar refractivity (Wildman–Crippen MR) is 61.1 cm³/mol. The van der Waals surface area contributed by atoms with Gasteiger partial charge in [-0.05, 0) is 43.7 Å². The van der Waals surface area contributed by atoms with Crippen molar-refractivity contribution in [3.05, 3.63) is 24.0 Å². The Bertz CT molecular complexity index is 327. The largest absolute Gasteiger partial charge is 0.396 e. The summed E-state index contributed by atoms with van der Waals surface area (Å²) in [4.78, 5) is 14.6. The minimum Gasteiger partial charge on any atom is -0.396 e. The Hall–Kier alpha value is -1.29. The van der Waals surface area contributed by atoms with Crippen molar-refractivity contribution < 1.29 is 9.90 Å². The zero-order valence-electron chi connectivity index (χ0n) is 9.28. The number of hydrogen-bond donors (Lipinski definition) is 3. The van der Waals surface area contributed by atoms with E-state index in [-0.39, 0.29) is 18.6 Å². The van der Waals surface area contributed by atoms with Crippen LogP contribution >= 0.6 is 0 Å². The Morgan fingerprint density at radius 1 is 1.44 bits per heavy atom. The Balaban J connectivity index is 1.81. The Morgan fingerprint density at radius 3 is 2.75 bits per heavy atom. The summed E-state index contributed by atoms with van der Waals surface area (Å²) < 4.78 is 0. The SMILES string of the molecule is O=C(NC1CCC(CO)CC1)c1ccc[nH]1. The second-order valence-electron chi connectivity index (χ2n) is 4.46. The fourth-order valence-electron chi connectivity index (χ4n) is 2.22. The summed E-state index contributed by atoms with van der Waals surface area (Å²) in [5, 5.41) is 12.0. The van der Waals surface area contributed by atoms with Gasteiger partial charge in [-0.3, -0.25) is 4.79 Å². The lowest BCUT2D eigenvalue weighted by Gasteiger charge is -2.27. The first-order valence-corrected chi connectivity index (χ1v) is 5.84. The van der Waals surface area contributed by atoms with Crippen LogP contribution in [-0.4, -0.2) is 28.6 Å².